The van der Waals surface area contributed by atoms with E-state index < -0.39 is 0 Å². The summed E-state index contributed by atoms with van der Waals surface area (Å²) in [7, 11) is 0. The summed E-state index contributed by atoms with van der Waals surface area (Å²) in [4.78, 5) is 4.28. The Balaban J connectivity index is 2.31. The van der Waals surface area contributed by atoms with Crippen LogP contribution in [0.15, 0.2) is 4.99 Å². The van der Waals surface area contributed by atoms with Gasteiger partial charge in [0.05, 0.1) is 6.61 Å². The zero-order chi connectivity index (χ0) is 9.36. The smallest absolute Gasteiger partial charge is 0.261 e. The van der Waals surface area contributed by atoms with Gasteiger partial charge in [0.15, 0.2) is 0 Å². The minimum absolute atomic E-state index is 0.655. The highest BCUT2D eigenvalue weighted by Crippen LogP contribution is 2.09. The highest BCUT2D eigenvalue weighted by atomic mass is 32.2. The van der Waals surface area contributed by atoms with Crippen molar-refractivity contribution < 1.29 is 4.74 Å². The van der Waals surface area contributed by atoms with Gasteiger partial charge in [-0.25, -0.2) is 4.99 Å². The molecule has 76 valence electrons. The molecule has 0 radical (unpaired) electrons. The number of nitrogens with zero attached hydrogens (tertiary/aromatic N) is 1. The van der Waals surface area contributed by atoms with Gasteiger partial charge < -0.3 is 4.74 Å². The lowest BCUT2D eigenvalue weighted by Crippen LogP contribution is -2.05. The fourth-order valence-electron chi connectivity index (χ4n) is 1.37. The SMILES string of the molecule is NSC1=NCCCCCCCCO1. The quantitative estimate of drug-likeness (QED) is 0.613. The second kappa shape index (κ2) is 7.21. The molecule has 0 aromatic rings. The fraction of sp³-hybridized carbons (Fsp3) is 0.889. The molecule has 0 amide bonds. The molecule has 1 aliphatic heterocycles. The number of nitrogens with two attached hydrogens (primary N) is 1. The first-order valence-corrected chi connectivity index (χ1v) is 5.85. The number of ether oxygens (including phenoxy) is 1. The normalized spacial score (nSPS) is 21.2. The van der Waals surface area contributed by atoms with Gasteiger partial charge in [-0.05, 0) is 12.8 Å². The summed E-state index contributed by atoms with van der Waals surface area (Å²) >= 11 is 1.12. The van der Waals surface area contributed by atoms with E-state index in [0.717, 1.165) is 37.9 Å². The van der Waals surface area contributed by atoms with Crippen molar-refractivity contribution in [3.63, 3.8) is 0 Å². The molecule has 13 heavy (non-hydrogen) atoms. The maximum absolute atomic E-state index is 5.41. The second-order valence-corrected chi connectivity index (χ2v) is 3.82. The van der Waals surface area contributed by atoms with Crippen LogP contribution in [0.3, 0.4) is 0 Å². The summed E-state index contributed by atoms with van der Waals surface area (Å²) in [5, 5.41) is 6.07. The van der Waals surface area contributed by atoms with E-state index in [0.29, 0.717) is 5.23 Å². The molecule has 4 heteroatoms. The average Bonchev–Trinajstić information content (AvgIpc) is 2.22. The molecule has 0 aromatic heterocycles. The van der Waals surface area contributed by atoms with Crippen LogP contribution in [0.4, 0.5) is 0 Å². The third-order valence-electron chi connectivity index (χ3n) is 2.12. The van der Waals surface area contributed by atoms with Gasteiger partial charge in [-0.15, -0.1) is 0 Å². The first-order chi connectivity index (χ1) is 6.43. The van der Waals surface area contributed by atoms with Crippen LogP contribution in [0.1, 0.15) is 38.5 Å². The Morgan fingerprint density at radius 1 is 1.08 bits per heavy atom. The predicted octanol–water partition coefficient (Wildman–Crippen LogP) is 2.32. The maximum atomic E-state index is 5.41. The van der Waals surface area contributed by atoms with Crippen molar-refractivity contribution in [2.75, 3.05) is 13.2 Å². The van der Waals surface area contributed by atoms with Gasteiger partial charge in [-0.3, -0.25) is 5.14 Å². The average molecular weight is 202 g/mol. The van der Waals surface area contributed by atoms with E-state index in [4.69, 9.17) is 9.88 Å². The van der Waals surface area contributed by atoms with Crippen LogP contribution in [0.25, 0.3) is 0 Å². The van der Waals surface area contributed by atoms with E-state index in [-0.39, 0.29) is 0 Å². The van der Waals surface area contributed by atoms with Gasteiger partial charge in [-0.2, -0.15) is 0 Å². The third kappa shape index (κ3) is 5.16. The van der Waals surface area contributed by atoms with E-state index in [1.54, 1.807) is 0 Å². The van der Waals surface area contributed by atoms with Gasteiger partial charge in [0.2, 0.25) is 0 Å². The molecule has 2 N–H and O–H groups in total. The molecule has 0 unspecified atom stereocenters. The Kier molecular flexibility index (Phi) is 6.02. The van der Waals surface area contributed by atoms with Crippen molar-refractivity contribution in [3.05, 3.63) is 0 Å². The lowest BCUT2D eigenvalue weighted by Gasteiger charge is -2.04. The van der Waals surface area contributed by atoms with Crippen LogP contribution in [0.2, 0.25) is 0 Å². The molecule has 0 aliphatic carbocycles. The molecule has 0 fully saturated rings. The molecule has 3 nitrogen and oxygen atoms in total. The van der Waals surface area contributed by atoms with E-state index in [2.05, 4.69) is 4.99 Å². The third-order valence-corrected chi connectivity index (χ3v) is 2.57. The topological polar surface area (TPSA) is 47.6 Å². The highest BCUT2D eigenvalue weighted by molar-refractivity contribution is 8.11. The molecular formula is C9H18N2OS. The molecule has 1 rings (SSSR count). The number of rotatable bonds is 0. The van der Waals surface area contributed by atoms with Crippen molar-refractivity contribution in [1.29, 1.82) is 0 Å². The molecule has 1 heterocycles. The Labute approximate surface area is 84.3 Å². The second-order valence-electron chi connectivity index (χ2n) is 3.24. The number of hydrogen-bond donors (Lipinski definition) is 1. The zero-order valence-corrected chi connectivity index (χ0v) is 8.81. The van der Waals surface area contributed by atoms with Crippen molar-refractivity contribution in [2.24, 2.45) is 10.1 Å². The fourth-order valence-corrected chi connectivity index (χ4v) is 1.68. The molecule has 1 aliphatic rings. The molecular weight excluding hydrogens is 184 g/mol. The van der Waals surface area contributed by atoms with E-state index in [9.17, 15) is 0 Å². The van der Waals surface area contributed by atoms with Gasteiger partial charge in [-0.1, -0.05) is 25.7 Å². The summed E-state index contributed by atoms with van der Waals surface area (Å²) in [6.07, 6.45) is 7.50. The predicted molar refractivity (Wildman–Crippen MR) is 57.7 cm³/mol. The summed E-state index contributed by atoms with van der Waals surface area (Å²) in [6, 6.07) is 0. The van der Waals surface area contributed by atoms with Crippen LogP contribution in [-0.2, 0) is 4.74 Å². The Morgan fingerprint density at radius 2 is 1.77 bits per heavy atom. The molecule has 0 atom stereocenters. The zero-order valence-electron chi connectivity index (χ0n) is 8.00. The van der Waals surface area contributed by atoms with Crippen molar-refractivity contribution in [2.45, 2.75) is 38.5 Å². The lowest BCUT2D eigenvalue weighted by atomic mass is 10.1. The van der Waals surface area contributed by atoms with E-state index in [1.165, 1.54) is 25.7 Å². The first-order valence-electron chi connectivity index (χ1n) is 4.97. The van der Waals surface area contributed by atoms with Crippen molar-refractivity contribution in [1.82, 2.24) is 0 Å². The minimum atomic E-state index is 0.655. The van der Waals surface area contributed by atoms with Gasteiger partial charge in [0.25, 0.3) is 5.23 Å². The Hall–Kier alpha value is -0.220. The molecule has 0 saturated heterocycles. The number of aliphatic imine (C=N–C) groups is 1. The van der Waals surface area contributed by atoms with Crippen LogP contribution < -0.4 is 5.14 Å². The Morgan fingerprint density at radius 3 is 2.54 bits per heavy atom. The van der Waals surface area contributed by atoms with Gasteiger partial charge >= 0.3 is 0 Å². The van der Waals surface area contributed by atoms with Crippen LogP contribution in [0, 0.1) is 0 Å². The first kappa shape index (κ1) is 10.9. The van der Waals surface area contributed by atoms with Crippen LogP contribution in [0.5, 0.6) is 0 Å². The maximum Gasteiger partial charge on any atom is 0.261 e. The monoisotopic (exact) mass is 202 g/mol. The molecule has 0 spiro atoms. The summed E-state index contributed by atoms with van der Waals surface area (Å²) in [6.45, 7) is 1.63. The molecule has 0 aromatic carbocycles. The van der Waals surface area contributed by atoms with Crippen LogP contribution >= 0.6 is 11.9 Å². The minimum Gasteiger partial charge on any atom is -0.472 e. The van der Waals surface area contributed by atoms with Gasteiger partial charge in [0.1, 0.15) is 0 Å². The molecule has 0 bridgehead atoms. The molecule has 0 saturated carbocycles. The van der Waals surface area contributed by atoms with Crippen molar-refractivity contribution in [3.8, 4) is 0 Å². The Bertz CT molecular complexity index is 162. The van der Waals surface area contributed by atoms with E-state index >= 15 is 0 Å². The highest BCUT2D eigenvalue weighted by Gasteiger charge is 2.00. The van der Waals surface area contributed by atoms with Gasteiger partial charge in [0, 0.05) is 18.5 Å². The van der Waals surface area contributed by atoms with E-state index in [1.807, 2.05) is 0 Å². The lowest BCUT2D eigenvalue weighted by molar-refractivity contribution is 0.301. The van der Waals surface area contributed by atoms with Crippen LogP contribution in [-0.4, -0.2) is 18.4 Å². The summed E-state index contributed by atoms with van der Waals surface area (Å²) in [5.41, 5.74) is 0. The van der Waals surface area contributed by atoms with Crippen molar-refractivity contribution >= 4 is 17.2 Å². The summed E-state index contributed by atoms with van der Waals surface area (Å²) in [5.74, 6) is 0. The largest absolute Gasteiger partial charge is 0.472 e. The standard InChI is InChI=1S/C9H18N2OS/c10-13-9-11-7-5-3-1-2-4-6-8-12-9/h1-8,10H2. The summed E-state index contributed by atoms with van der Waals surface area (Å²) < 4.78 is 5.41. The number of hydrogen-bond acceptors (Lipinski definition) is 4.